The number of para-hydroxylation sites is 1. The number of hydrogen-bond acceptors (Lipinski definition) is 4. The van der Waals surface area contributed by atoms with Crippen LogP contribution in [0.3, 0.4) is 0 Å². The zero-order chi connectivity index (χ0) is 14.7. The maximum Gasteiger partial charge on any atom is 0.144 e. The van der Waals surface area contributed by atoms with E-state index >= 15 is 0 Å². The van der Waals surface area contributed by atoms with Crippen molar-refractivity contribution in [3.63, 3.8) is 0 Å². The highest BCUT2D eigenvalue weighted by atomic mass is 79.9. The van der Waals surface area contributed by atoms with Crippen molar-refractivity contribution in [2.75, 3.05) is 11.9 Å². The quantitative estimate of drug-likeness (QED) is 0.646. The number of fused-ring (bicyclic) bond motifs is 1. The Kier molecular flexibility index (Phi) is 4.45. The van der Waals surface area contributed by atoms with Gasteiger partial charge in [0.15, 0.2) is 0 Å². The molecule has 3 rings (SSSR count). The number of hydrogen-bond donors (Lipinski definition) is 2. The van der Waals surface area contributed by atoms with Crippen molar-refractivity contribution in [1.29, 1.82) is 0 Å². The Balaban J connectivity index is 1.87. The second kappa shape index (κ2) is 6.49. The van der Waals surface area contributed by atoms with Gasteiger partial charge in [0.1, 0.15) is 17.2 Å². The Morgan fingerprint density at radius 2 is 2.14 bits per heavy atom. The average Bonchev–Trinajstić information content (AvgIpc) is 2.90. The lowest BCUT2D eigenvalue weighted by Gasteiger charge is -2.08. The number of anilines is 1. The summed E-state index contributed by atoms with van der Waals surface area (Å²) in [6.45, 7) is 3.02. The predicted octanol–water partition coefficient (Wildman–Crippen LogP) is 4.69. The molecule has 0 aliphatic carbocycles. The summed E-state index contributed by atoms with van der Waals surface area (Å²) in [5, 5.41) is 6.46. The molecular weight excluding hydrogens is 348 g/mol. The first-order valence-electron chi connectivity index (χ1n) is 6.78. The number of aromatic nitrogens is 3. The lowest BCUT2D eigenvalue weighted by molar-refractivity contribution is 0.945. The van der Waals surface area contributed by atoms with Crippen molar-refractivity contribution >= 4 is 44.4 Å². The molecule has 0 atom stereocenters. The fourth-order valence-corrected chi connectivity index (χ4v) is 3.43. The number of aromatic amines is 1. The van der Waals surface area contributed by atoms with E-state index in [1.807, 2.05) is 12.1 Å². The zero-order valence-corrected chi connectivity index (χ0v) is 14.0. The minimum absolute atomic E-state index is 0.838. The van der Waals surface area contributed by atoms with Crippen LogP contribution in [-0.2, 0) is 0 Å². The Morgan fingerprint density at radius 1 is 1.29 bits per heavy atom. The molecule has 2 heterocycles. The van der Waals surface area contributed by atoms with E-state index in [1.165, 1.54) is 5.39 Å². The van der Waals surface area contributed by atoms with Crippen LogP contribution >= 0.6 is 27.7 Å². The molecule has 3 aromatic rings. The molecule has 2 aromatic heterocycles. The van der Waals surface area contributed by atoms with Gasteiger partial charge in [0.2, 0.25) is 0 Å². The minimum Gasteiger partial charge on any atom is -0.369 e. The van der Waals surface area contributed by atoms with E-state index < -0.39 is 0 Å². The van der Waals surface area contributed by atoms with Gasteiger partial charge in [-0.25, -0.2) is 9.97 Å². The van der Waals surface area contributed by atoms with E-state index in [9.17, 15) is 0 Å². The third-order valence-electron chi connectivity index (χ3n) is 3.01. The molecule has 0 spiro atoms. The van der Waals surface area contributed by atoms with E-state index in [2.05, 4.69) is 61.3 Å². The maximum atomic E-state index is 4.36. The van der Waals surface area contributed by atoms with Gasteiger partial charge in [0.05, 0.1) is 9.50 Å². The van der Waals surface area contributed by atoms with Crippen molar-refractivity contribution in [2.24, 2.45) is 0 Å². The van der Waals surface area contributed by atoms with Crippen molar-refractivity contribution in [3.8, 4) is 0 Å². The SMILES string of the molecule is CCCNc1ncnc(Sc2cc3ccccc3[nH]2)c1Br. The third kappa shape index (κ3) is 3.22. The molecule has 4 nitrogen and oxygen atoms in total. The molecule has 0 bridgehead atoms. The molecule has 0 aliphatic heterocycles. The van der Waals surface area contributed by atoms with Crippen molar-refractivity contribution in [3.05, 3.63) is 41.1 Å². The van der Waals surface area contributed by atoms with E-state index in [-0.39, 0.29) is 0 Å². The van der Waals surface area contributed by atoms with Crippen LogP contribution in [0.15, 0.2) is 51.2 Å². The van der Waals surface area contributed by atoms with Crippen molar-refractivity contribution in [2.45, 2.75) is 23.4 Å². The second-order valence-corrected chi connectivity index (χ2v) is 6.41. The molecule has 2 N–H and O–H groups in total. The van der Waals surface area contributed by atoms with E-state index in [4.69, 9.17) is 0 Å². The summed E-state index contributed by atoms with van der Waals surface area (Å²) in [5.41, 5.74) is 1.13. The number of nitrogens with one attached hydrogen (secondary N) is 2. The van der Waals surface area contributed by atoms with Crippen LogP contribution in [-0.4, -0.2) is 21.5 Å². The molecule has 0 aliphatic rings. The van der Waals surface area contributed by atoms with Crippen LogP contribution in [0.4, 0.5) is 5.82 Å². The summed E-state index contributed by atoms with van der Waals surface area (Å²) >= 11 is 5.18. The zero-order valence-electron chi connectivity index (χ0n) is 11.6. The van der Waals surface area contributed by atoms with Crippen molar-refractivity contribution in [1.82, 2.24) is 15.0 Å². The fourth-order valence-electron chi connectivity index (χ4n) is 2.00. The topological polar surface area (TPSA) is 53.6 Å². The van der Waals surface area contributed by atoms with Crippen LogP contribution < -0.4 is 5.32 Å². The highest BCUT2D eigenvalue weighted by Crippen LogP contribution is 2.35. The van der Waals surface area contributed by atoms with Gasteiger partial charge in [-0.1, -0.05) is 36.9 Å². The monoisotopic (exact) mass is 362 g/mol. The van der Waals surface area contributed by atoms with Gasteiger partial charge in [-0.2, -0.15) is 0 Å². The Hall–Kier alpha value is -1.53. The summed E-state index contributed by atoms with van der Waals surface area (Å²) in [6.07, 6.45) is 2.65. The van der Waals surface area contributed by atoms with E-state index in [1.54, 1.807) is 18.1 Å². The Morgan fingerprint density at radius 3 is 2.95 bits per heavy atom. The fraction of sp³-hybridized carbons (Fsp3) is 0.200. The van der Waals surface area contributed by atoms with Crippen LogP contribution in [0.5, 0.6) is 0 Å². The largest absolute Gasteiger partial charge is 0.369 e. The smallest absolute Gasteiger partial charge is 0.144 e. The lowest BCUT2D eigenvalue weighted by atomic mass is 10.3. The molecular formula is C15H15BrN4S. The number of halogens is 1. The predicted molar refractivity (Wildman–Crippen MR) is 90.9 cm³/mol. The molecule has 0 fully saturated rings. The summed E-state index contributed by atoms with van der Waals surface area (Å²) in [7, 11) is 0. The molecule has 1 aromatic carbocycles. The van der Waals surface area contributed by atoms with Gasteiger partial charge >= 0.3 is 0 Å². The standard InChI is InChI=1S/C15H15BrN4S/c1-2-7-17-14-13(16)15(19-9-18-14)21-12-8-10-5-3-4-6-11(10)20-12/h3-6,8-9,20H,2,7H2,1H3,(H,17,18,19). The number of rotatable bonds is 5. The first kappa shape index (κ1) is 14.4. The number of H-pyrrole nitrogens is 1. The average molecular weight is 363 g/mol. The molecule has 0 saturated heterocycles. The van der Waals surface area contributed by atoms with Gasteiger partial charge in [0.25, 0.3) is 0 Å². The highest BCUT2D eigenvalue weighted by molar-refractivity contribution is 9.10. The third-order valence-corrected chi connectivity index (χ3v) is 4.97. The Bertz CT molecular complexity index is 723. The Labute approximate surface area is 135 Å². The minimum atomic E-state index is 0.838. The molecule has 0 unspecified atom stereocenters. The van der Waals surface area contributed by atoms with Crippen LogP contribution in [0, 0.1) is 0 Å². The first-order valence-corrected chi connectivity index (χ1v) is 8.39. The lowest BCUT2D eigenvalue weighted by Crippen LogP contribution is -2.03. The summed E-state index contributed by atoms with van der Waals surface area (Å²) in [6, 6.07) is 10.4. The number of benzene rings is 1. The van der Waals surface area contributed by atoms with Crippen molar-refractivity contribution < 1.29 is 0 Å². The van der Waals surface area contributed by atoms with Gasteiger partial charge < -0.3 is 10.3 Å². The van der Waals surface area contributed by atoms with Crippen LogP contribution in [0.25, 0.3) is 10.9 Å². The van der Waals surface area contributed by atoms with Gasteiger partial charge in [0, 0.05) is 17.4 Å². The molecule has 0 amide bonds. The van der Waals surface area contributed by atoms with Gasteiger partial charge in [-0.05, 0) is 34.5 Å². The highest BCUT2D eigenvalue weighted by Gasteiger charge is 2.11. The molecule has 6 heteroatoms. The maximum absolute atomic E-state index is 4.36. The van der Waals surface area contributed by atoms with Crippen LogP contribution in [0.2, 0.25) is 0 Å². The first-order chi connectivity index (χ1) is 10.3. The summed E-state index contributed by atoms with van der Waals surface area (Å²) in [5.74, 6) is 0.838. The van der Waals surface area contributed by atoms with Gasteiger partial charge in [-0.3, -0.25) is 0 Å². The molecule has 108 valence electrons. The molecule has 21 heavy (non-hydrogen) atoms. The van der Waals surface area contributed by atoms with E-state index in [0.717, 1.165) is 38.8 Å². The van der Waals surface area contributed by atoms with E-state index in [0.29, 0.717) is 0 Å². The molecule has 0 saturated carbocycles. The van der Waals surface area contributed by atoms with Crippen LogP contribution in [0.1, 0.15) is 13.3 Å². The number of nitrogens with zero attached hydrogens (tertiary/aromatic N) is 2. The van der Waals surface area contributed by atoms with Gasteiger partial charge in [-0.15, -0.1) is 0 Å². The normalized spacial score (nSPS) is 11.0. The second-order valence-electron chi connectivity index (χ2n) is 4.59. The molecule has 0 radical (unpaired) electrons. The summed E-state index contributed by atoms with van der Waals surface area (Å²) < 4.78 is 0.905. The summed E-state index contributed by atoms with van der Waals surface area (Å²) in [4.78, 5) is 12.0.